The van der Waals surface area contributed by atoms with Crippen LogP contribution < -0.4 is 15.8 Å². The predicted octanol–water partition coefficient (Wildman–Crippen LogP) is 5.10. The average molecular weight is 606 g/mol. The van der Waals surface area contributed by atoms with Crippen LogP contribution in [0, 0.1) is 11.3 Å². The number of fused-ring (bicyclic) bond motifs is 1. The molecule has 0 saturated heterocycles. The topological polar surface area (TPSA) is 154 Å². The first-order chi connectivity index (χ1) is 19.0. The summed E-state index contributed by atoms with van der Waals surface area (Å²) in [7, 11) is -7.66. The minimum atomic E-state index is -4.00. The summed E-state index contributed by atoms with van der Waals surface area (Å²) in [6, 6.07) is 11.2. The first kappa shape index (κ1) is 32.7. The SMILES string of the molecule is CCOP(=O)(OCC)c1cc(NS(C)(=O)=O)ccc1N=C(N)C1C(=O)c2ccccc2C(C)(CCC(C)(C)C)C1=O. The van der Waals surface area contributed by atoms with Crippen molar-refractivity contribution in [3.05, 3.63) is 53.6 Å². The Balaban J connectivity index is 2.19. The molecule has 1 aliphatic carbocycles. The Bertz CT molecular complexity index is 1500. The van der Waals surface area contributed by atoms with E-state index in [1.54, 1.807) is 26.0 Å². The molecule has 0 aromatic heterocycles. The van der Waals surface area contributed by atoms with Crippen LogP contribution in [-0.2, 0) is 33.8 Å². The summed E-state index contributed by atoms with van der Waals surface area (Å²) in [4.78, 5) is 32.2. The molecule has 0 radical (unpaired) electrons. The maximum Gasteiger partial charge on any atom is 0.363 e. The predicted molar refractivity (Wildman–Crippen MR) is 162 cm³/mol. The molecule has 0 fully saturated rings. The largest absolute Gasteiger partial charge is 0.386 e. The molecule has 2 aromatic rings. The quantitative estimate of drug-likeness (QED) is 0.155. The van der Waals surface area contributed by atoms with Gasteiger partial charge in [-0.1, -0.05) is 45.0 Å². The second-order valence-electron chi connectivity index (χ2n) is 11.5. The molecular formula is C29H40N3O7PS. The molecule has 10 nitrogen and oxygen atoms in total. The van der Waals surface area contributed by atoms with Crippen molar-refractivity contribution in [1.82, 2.24) is 0 Å². The van der Waals surface area contributed by atoms with Crippen LogP contribution in [0.25, 0.3) is 0 Å². The Morgan fingerprint density at radius 3 is 2.27 bits per heavy atom. The van der Waals surface area contributed by atoms with Crippen LogP contribution in [0.2, 0.25) is 0 Å². The molecule has 0 bridgehead atoms. The summed E-state index contributed by atoms with van der Waals surface area (Å²) in [5.74, 6) is -2.45. The van der Waals surface area contributed by atoms with Gasteiger partial charge in [0.1, 0.15) is 11.8 Å². The number of anilines is 1. The number of benzene rings is 2. The fraction of sp³-hybridized carbons (Fsp3) is 0.483. The van der Waals surface area contributed by atoms with Gasteiger partial charge in [-0.25, -0.2) is 13.4 Å². The highest BCUT2D eigenvalue weighted by Crippen LogP contribution is 2.50. The van der Waals surface area contributed by atoms with E-state index in [0.717, 1.165) is 12.7 Å². The van der Waals surface area contributed by atoms with Gasteiger partial charge >= 0.3 is 7.60 Å². The highest BCUT2D eigenvalue weighted by atomic mass is 32.2. The molecular weight excluding hydrogens is 565 g/mol. The summed E-state index contributed by atoms with van der Waals surface area (Å²) in [6.45, 7) is 11.4. The third-order valence-corrected chi connectivity index (χ3v) is 9.70. The summed E-state index contributed by atoms with van der Waals surface area (Å²) < 4.78 is 50.9. The van der Waals surface area contributed by atoms with E-state index in [4.69, 9.17) is 14.8 Å². The van der Waals surface area contributed by atoms with Crippen LogP contribution in [0.5, 0.6) is 0 Å². The summed E-state index contributed by atoms with van der Waals surface area (Å²) in [6.07, 6.45) is 2.22. The van der Waals surface area contributed by atoms with Crippen molar-refractivity contribution >= 4 is 51.7 Å². The molecule has 224 valence electrons. The van der Waals surface area contributed by atoms with Gasteiger partial charge in [0.25, 0.3) is 0 Å². The number of carbonyl (C=O) groups excluding carboxylic acids is 2. The van der Waals surface area contributed by atoms with Gasteiger partial charge in [-0.15, -0.1) is 0 Å². The van der Waals surface area contributed by atoms with Gasteiger partial charge in [0.2, 0.25) is 10.0 Å². The Morgan fingerprint density at radius 1 is 1.10 bits per heavy atom. The number of rotatable bonds is 11. The minimum Gasteiger partial charge on any atom is -0.386 e. The standard InChI is InChI=1S/C29H40N3O7PS/c1-8-38-40(35,39-9-2)23-18-19(32-41(7,36)37)14-15-22(23)31-27(30)24-25(33)20-12-10-11-13-21(20)29(6,26(24)34)17-16-28(3,4)5/h10-15,18,24,32H,8-9,16-17H2,1-7H3,(H2,30,31). The number of carbonyl (C=O) groups is 2. The summed E-state index contributed by atoms with van der Waals surface area (Å²) in [5, 5.41) is -0.0515. The number of nitrogens with two attached hydrogens (primary N) is 1. The van der Waals surface area contributed by atoms with E-state index in [2.05, 4.69) is 30.5 Å². The number of hydrogen-bond acceptors (Lipinski definition) is 8. The lowest BCUT2D eigenvalue weighted by molar-refractivity contribution is -0.125. The molecule has 41 heavy (non-hydrogen) atoms. The van der Waals surface area contributed by atoms with Crippen molar-refractivity contribution < 1.29 is 31.6 Å². The van der Waals surface area contributed by atoms with Gasteiger partial charge in [0, 0.05) is 11.3 Å². The van der Waals surface area contributed by atoms with Crippen LogP contribution in [0.1, 0.15) is 70.3 Å². The smallest absolute Gasteiger partial charge is 0.363 e. The van der Waals surface area contributed by atoms with Crippen molar-refractivity contribution in [2.75, 3.05) is 24.2 Å². The van der Waals surface area contributed by atoms with Gasteiger partial charge in [0.15, 0.2) is 11.6 Å². The summed E-state index contributed by atoms with van der Waals surface area (Å²) >= 11 is 0. The van der Waals surface area contributed by atoms with Crippen LogP contribution in [0.3, 0.4) is 0 Å². The number of sulfonamides is 1. The van der Waals surface area contributed by atoms with Gasteiger partial charge in [-0.3, -0.25) is 18.9 Å². The number of nitrogens with zero attached hydrogens (tertiary/aromatic N) is 1. The Morgan fingerprint density at radius 2 is 1.71 bits per heavy atom. The van der Waals surface area contributed by atoms with Crippen LogP contribution in [0.15, 0.2) is 47.5 Å². The molecule has 2 unspecified atom stereocenters. The van der Waals surface area contributed by atoms with Gasteiger partial charge in [-0.2, -0.15) is 0 Å². The van der Waals surface area contributed by atoms with E-state index in [1.807, 2.05) is 19.1 Å². The van der Waals surface area contributed by atoms with E-state index in [0.29, 0.717) is 17.5 Å². The third kappa shape index (κ3) is 7.33. The van der Waals surface area contributed by atoms with Crippen molar-refractivity contribution in [1.29, 1.82) is 0 Å². The van der Waals surface area contributed by atoms with E-state index < -0.39 is 34.7 Å². The normalized spacial score (nSPS) is 20.2. The summed E-state index contributed by atoms with van der Waals surface area (Å²) in [5.41, 5.74) is 6.62. The van der Waals surface area contributed by atoms with Gasteiger partial charge in [0.05, 0.1) is 35.9 Å². The Kier molecular flexibility index (Phi) is 9.70. The first-order valence-electron chi connectivity index (χ1n) is 13.5. The molecule has 3 N–H and O–H groups in total. The monoisotopic (exact) mass is 605 g/mol. The first-order valence-corrected chi connectivity index (χ1v) is 16.9. The zero-order chi connectivity index (χ0) is 30.8. The highest BCUT2D eigenvalue weighted by Gasteiger charge is 2.50. The van der Waals surface area contributed by atoms with Crippen LogP contribution in [0.4, 0.5) is 11.4 Å². The molecule has 0 heterocycles. The van der Waals surface area contributed by atoms with E-state index in [9.17, 15) is 22.6 Å². The van der Waals surface area contributed by atoms with Crippen LogP contribution >= 0.6 is 7.60 Å². The Labute approximate surface area is 242 Å². The molecule has 0 spiro atoms. The molecule has 0 aliphatic heterocycles. The van der Waals surface area contributed by atoms with Gasteiger partial charge in [-0.05, 0) is 62.8 Å². The maximum atomic E-state index is 14.1. The average Bonchev–Trinajstić information content (AvgIpc) is 2.86. The fourth-order valence-electron chi connectivity index (χ4n) is 4.89. The van der Waals surface area contributed by atoms with Crippen LogP contribution in [-0.4, -0.2) is 45.3 Å². The van der Waals surface area contributed by atoms with Gasteiger partial charge < -0.3 is 14.8 Å². The molecule has 1 aliphatic rings. The van der Waals surface area contributed by atoms with E-state index >= 15 is 0 Å². The fourth-order valence-corrected chi connectivity index (χ4v) is 7.18. The minimum absolute atomic E-state index is 0.0299. The number of hydrogen-bond donors (Lipinski definition) is 2. The van der Waals surface area contributed by atoms with E-state index in [1.165, 1.54) is 18.2 Å². The molecule has 0 saturated carbocycles. The highest BCUT2D eigenvalue weighted by molar-refractivity contribution is 7.92. The molecule has 0 amide bonds. The zero-order valence-electron chi connectivity index (χ0n) is 24.7. The molecule has 12 heteroatoms. The lowest BCUT2D eigenvalue weighted by atomic mass is 9.62. The molecule has 2 atom stereocenters. The number of aliphatic imine (C=N–C) groups is 1. The maximum absolute atomic E-state index is 14.1. The second kappa shape index (κ2) is 12.2. The lowest BCUT2D eigenvalue weighted by Gasteiger charge is -2.39. The van der Waals surface area contributed by atoms with E-state index in [-0.39, 0.29) is 46.9 Å². The Hall–Kier alpha value is -2.85. The zero-order valence-corrected chi connectivity index (χ0v) is 26.4. The van der Waals surface area contributed by atoms with Crippen molar-refractivity contribution in [3.63, 3.8) is 0 Å². The number of ketones is 2. The molecule has 2 aromatic carbocycles. The second-order valence-corrected chi connectivity index (χ2v) is 15.3. The number of Topliss-reactive ketones (excluding diaryl/α,β-unsaturated/α-hetero) is 2. The van der Waals surface area contributed by atoms with Crippen molar-refractivity contribution in [2.24, 2.45) is 22.1 Å². The number of amidine groups is 1. The third-order valence-electron chi connectivity index (χ3n) is 6.95. The van der Waals surface area contributed by atoms with Crippen molar-refractivity contribution in [3.8, 4) is 0 Å². The molecule has 3 rings (SSSR count). The number of nitrogens with one attached hydrogen (secondary N) is 1. The van der Waals surface area contributed by atoms with Crippen molar-refractivity contribution in [2.45, 2.75) is 59.8 Å². The lowest BCUT2D eigenvalue weighted by Crippen LogP contribution is -2.51.